The minimum atomic E-state index is -4.03. The summed E-state index contributed by atoms with van der Waals surface area (Å²) < 4.78 is 33.8. The first-order valence-corrected chi connectivity index (χ1v) is 9.90. The number of aromatic nitrogens is 1. The summed E-state index contributed by atoms with van der Waals surface area (Å²) in [6, 6.07) is 9.03. The number of nitro groups is 1. The van der Waals surface area contributed by atoms with Crippen LogP contribution in [-0.2, 0) is 10.0 Å². The second-order valence-corrected chi connectivity index (χ2v) is 8.14. The predicted octanol–water partition coefficient (Wildman–Crippen LogP) is 4.28. The van der Waals surface area contributed by atoms with Gasteiger partial charge in [0.05, 0.1) is 15.5 Å². The van der Waals surface area contributed by atoms with Gasteiger partial charge in [-0.3, -0.25) is 14.8 Å². The topological polar surface area (TPSA) is 115 Å². The molecule has 3 aromatic rings. The van der Waals surface area contributed by atoms with Gasteiger partial charge in [-0.15, -0.1) is 0 Å². The molecule has 1 N–H and O–H groups in total. The largest absolute Gasteiger partial charge is 0.441 e. The van der Waals surface area contributed by atoms with Crippen molar-refractivity contribution in [1.82, 2.24) is 4.98 Å². The molecule has 3 rings (SSSR count). The summed E-state index contributed by atoms with van der Waals surface area (Å²) in [6.45, 7) is 6.87. The Kier molecular flexibility index (Phi) is 4.95. The van der Waals surface area contributed by atoms with E-state index in [1.807, 2.05) is 6.92 Å². The van der Waals surface area contributed by atoms with E-state index in [0.29, 0.717) is 34.0 Å². The number of anilines is 1. The van der Waals surface area contributed by atoms with Crippen molar-refractivity contribution in [3.63, 3.8) is 0 Å². The third-order valence-electron chi connectivity index (χ3n) is 4.50. The van der Waals surface area contributed by atoms with Gasteiger partial charge in [0.25, 0.3) is 15.7 Å². The SMILES string of the molecule is Cc1cc([N+](=O)[O-])cc(S(=O)(=O)Nc2cccc(-c3nc(C)c(C)o3)c2)c1C. The summed E-state index contributed by atoms with van der Waals surface area (Å²) in [5.74, 6) is 1.07. The maximum atomic E-state index is 12.9. The van der Waals surface area contributed by atoms with Crippen LogP contribution in [0.25, 0.3) is 11.5 Å². The van der Waals surface area contributed by atoms with E-state index in [2.05, 4.69) is 9.71 Å². The van der Waals surface area contributed by atoms with Gasteiger partial charge in [-0.25, -0.2) is 13.4 Å². The summed E-state index contributed by atoms with van der Waals surface area (Å²) in [6.07, 6.45) is 0. The van der Waals surface area contributed by atoms with Crippen LogP contribution >= 0.6 is 0 Å². The number of hydrogen-bond donors (Lipinski definition) is 1. The fraction of sp³-hybridized carbons (Fsp3) is 0.211. The number of nitrogens with zero attached hydrogens (tertiary/aromatic N) is 2. The number of benzene rings is 2. The van der Waals surface area contributed by atoms with E-state index < -0.39 is 14.9 Å². The minimum absolute atomic E-state index is 0.132. The summed E-state index contributed by atoms with van der Waals surface area (Å²) in [5.41, 5.74) is 2.37. The molecule has 0 atom stereocenters. The average Bonchev–Trinajstić information content (AvgIpc) is 2.95. The van der Waals surface area contributed by atoms with Crippen molar-refractivity contribution in [3.8, 4) is 11.5 Å². The van der Waals surface area contributed by atoms with Crippen molar-refractivity contribution in [1.29, 1.82) is 0 Å². The quantitative estimate of drug-likeness (QED) is 0.504. The zero-order chi connectivity index (χ0) is 20.6. The number of rotatable bonds is 5. The van der Waals surface area contributed by atoms with Crippen molar-refractivity contribution in [2.24, 2.45) is 0 Å². The molecule has 1 aromatic heterocycles. The fourth-order valence-corrected chi connectivity index (χ4v) is 4.10. The van der Waals surface area contributed by atoms with Crippen LogP contribution < -0.4 is 4.72 Å². The Hall–Kier alpha value is -3.20. The van der Waals surface area contributed by atoms with E-state index in [0.717, 1.165) is 11.8 Å². The Balaban J connectivity index is 2.00. The lowest BCUT2D eigenvalue weighted by molar-refractivity contribution is -0.385. The number of oxazole rings is 1. The molecule has 28 heavy (non-hydrogen) atoms. The van der Waals surface area contributed by atoms with Gasteiger partial charge in [0.15, 0.2) is 0 Å². The van der Waals surface area contributed by atoms with E-state index in [9.17, 15) is 18.5 Å². The van der Waals surface area contributed by atoms with Crippen molar-refractivity contribution in [2.75, 3.05) is 4.72 Å². The van der Waals surface area contributed by atoms with Gasteiger partial charge < -0.3 is 4.42 Å². The number of hydrogen-bond acceptors (Lipinski definition) is 6. The lowest BCUT2D eigenvalue weighted by atomic mass is 10.1. The lowest BCUT2D eigenvalue weighted by Gasteiger charge is -2.12. The molecule has 0 saturated heterocycles. The van der Waals surface area contributed by atoms with Crippen LogP contribution in [0.3, 0.4) is 0 Å². The lowest BCUT2D eigenvalue weighted by Crippen LogP contribution is -2.15. The Bertz CT molecular complexity index is 1160. The highest BCUT2D eigenvalue weighted by atomic mass is 32.2. The second-order valence-electron chi connectivity index (χ2n) is 6.49. The molecule has 0 saturated carbocycles. The van der Waals surface area contributed by atoms with Crippen molar-refractivity contribution < 1.29 is 17.8 Å². The van der Waals surface area contributed by atoms with E-state index in [1.165, 1.54) is 6.07 Å². The fourth-order valence-electron chi connectivity index (χ4n) is 2.72. The van der Waals surface area contributed by atoms with Crippen LogP contribution in [-0.4, -0.2) is 18.3 Å². The summed E-state index contributed by atoms with van der Waals surface area (Å²) >= 11 is 0. The molecular formula is C19H19N3O5S. The van der Waals surface area contributed by atoms with Crippen LogP contribution in [0.15, 0.2) is 45.7 Å². The Morgan fingerprint density at radius 2 is 1.82 bits per heavy atom. The van der Waals surface area contributed by atoms with Gasteiger partial charge in [-0.2, -0.15) is 0 Å². The van der Waals surface area contributed by atoms with E-state index in [1.54, 1.807) is 45.0 Å². The maximum absolute atomic E-state index is 12.9. The molecule has 0 unspecified atom stereocenters. The first-order chi connectivity index (χ1) is 13.1. The third-order valence-corrected chi connectivity index (χ3v) is 6.00. The standard InChI is InChI=1S/C19H19N3O5S/c1-11-8-17(22(23)24)10-18(12(11)2)28(25,26)21-16-7-5-6-15(9-16)19-20-13(3)14(4)27-19/h5-10,21H,1-4H3. The zero-order valence-electron chi connectivity index (χ0n) is 15.8. The normalized spacial score (nSPS) is 11.4. The van der Waals surface area contributed by atoms with E-state index >= 15 is 0 Å². The number of nitrogens with one attached hydrogen (secondary N) is 1. The molecule has 0 amide bonds. The van der Waals surface area contributed by atoms with Crippen molar-refractivity contribution in [3.05, 3.63) is 69.1 Å². The van der Waals surface area contributed by atoms with Crippen LogP contribution in [0, 0.1) is 37.8 Å². The Labute approximate surface area is 162 Å². The molecule has 9 heteroatoms. The van der Waals surface area contributed by atoms with E-state index in [-0.39, 0.29) is 10.6 Å². The van der Waals surface area contributed by atoms with Crippen LogP contribution in [0.1, 0.15) is 22.6 Å². The second kappa shape index (κ2) is 7.08. The summed E-state index contributed by atoms with van der Waals surface area (Å²) in [4.78, 5) is 14.7. The number of nitro benzene ring substituents is 1. The first kappa shape index (κ1) is 19.6. The molecule has 146 valence electrons. The van der Waals surface area contributed by atoms with Crippen LogP contribution in [0.2, 0.25) is 0 Å². The average molecular weight is 401 g/mol. The summed E-state index contributed by atoms with van der Waals surface area (Å²) in [5, 5.41) is 11.1. The van der Waals surface area contributed by atoms with Gasteiger partial charge >= 0.3 is 0 Å². The number of non-ortho nitro benzene ring substituents is 1. The van der Waals surface area contributed by atoms with Crippen molar-refractivity contribution in [2.45, 2.75) is 32.6 Å². The molecule has 1 heterocycles. The van der Waals surface area contributed by atoms with Gasteiger partial charge in [0, 0.05) is 23.4 Å². The number of aryl methyl sites for hydroxylation is 3. The molecule has 2 aromatic carbocycles. The maximum Gasteiger partial charge on any atom is 0.271 e. The molecule has 0 spiro atoms. The molecule has 0 aliphatic carbocycles. The highest BCUT2D eigenvalue weighted by Gasteiger charge is 2.23. The van der Waals surface area contributed by atoms with Crippen LogP contribution in [0.4, 0.5) is 11.4 Å². The number of sulfonamides is 1. The van der Waals surface area contributed by atoms with Gasteiger partial charge in [0.1, 0.15) is 5.76 Å². The molecule has 0 aliphatic heterocycles. The van der Waals surface area contributed by atoms with Crippen molar-refractivity contribution >= 4 is 21.4 Å². The van der Waals surface area contributed by atoms with Crippen LogP contribution in [0.5, 0.6) is 0 Å². The smallest absolute Gasteiger partial charge is 0.271 e. The Morgan fingerprint density at radius 1 is 1.11 bits per heavy atom. The first-order valence-electron chi connectivity index (χ1n) is 8.41. The monoisotopic (exact) mass is 401 g/mol. The Morgan fingerprint density at radius 3 is 2.43 bits per heavy atom. The van der Waals surface area contributed by atoms with Gasteiger partial charge in [0.2, 0.25) is 5.89 Å². The molecule has 8 nitrogen and oxygen atoms in total. The highest BCUT2D eigenvalue weighted by Crippen LogP contribution is 2.29. The zero-order valence-corrected chi connectivity index (χ0v) is 16.6. The van der Waals surface area contributed by atoms with Gasteiger partial charge in [-0.1, -0.05) is 6.07 Å². The highest BCUT2D eigenvalue weighted by molar-refractivity contribution is 7.92. The summed E-state index contributed by atoms with van der Waals surface area (Å²) in [7, 11) is -4.03. The minimum Gasteiger partial charge on any atom is -0.441 e. The molecule has 0 fully saturated rings. The third kappa shape index (κ3) is 3.74. The molecular weight excluding hydrogens is 382 g/mol. The van der Waals surface area contributed by atoms with E-state index in [4.69, 9.17) is 4.42 Å². The molecule has 0 bridgehead atoms. The molecule has 0 radical (unpaired) electrons. The molecule has 0 aliphatic rings. The predicted molar refractivity (Wildman–Crippen MR) is 105 cm³/mol. The van der Waals surface area contributed by atoms with Gasteiger partial charge in [-0.05, 0) is 57.0 Å².